The van der Waals surface area contributed by atoms with Crippen molar-refractivity contribution >= 4 is 17.4 Å². The van der Waals surface area contributed by atoms with E-state index in [0.717, 1.165) is 12.0 Å². The van der Waals surface area contributed by atoms with E-state index >= 15 is 0 Å². The molecule has 1 amide bonds. The number of amides is 1. The van der Waals surface area contributed by atoms with Gasteiger partial charge in [0.05, 0.1) is 18.2 Å². The van der Waals surface area contributed by atoms with Gasteiger partial charge >= 0.3 is 0 Å². The normalized spacial score (nSPS) is 17.4. The van der Waals surface area contributed by atoms with Gasteiger partial charge in [-0.2, -0.15) is 0 Å². The molecule has 1 unspecified atom stereocenters. The summed E-state index contributed by atoms with van der Waals surface area (Å²) in [7, 11) is 0. The Bertz CT molecular complexity index is 1190. The van der Waals surface area contributed by atoms with Gasteiger partial charge in [-0.25, -0.2) is 4.39 Å². The van der Waals surface area contributed by atoms with Crippen molar-refractivity contribution in [1.29, 1.82) is 0 Å². The molecular weight excluding hydrogens is 423 g/mol. The van der Waals surface area contributed by atoms with Crippen LogP contribution < -0.4 is 4.74 Å². The first-order valence-electron chi connectivity index (χ1n) is 10.7. The molecule has 6 nitrogen and oxygen atoms in total. The largest absolute Gasteiger partial charge is 0.507 e. The maximum Gasteiger partial charge on any atom is 0.295 e. The van der Waals surface area contributed by atoms with Crippen molar-refractivity contribution in [2.45, 2.75) is 25.9 Å². The number of aliphatic hydroxyl groups is 1. The lowest BCUT2D eigenvalue weighted by Crippen LogP contribution is -2.29. The molecule has 1 atom stereocenters. The van der Waals surface area contributed by atoms with E-state index in [1.807, 2.05) is 6.92 Å². The number of hydrogen-bond acceptors (Lipinski definition) is 5. The molecule has 1 saturated heterocycles. The van der Waals surface area contributed by atoms with Gasteiger partial charge in [-0.15, -0.1) is 0 Å². The van der Waals surface area contributed by atoms with Crippen molar-refractivity contribution < 1.29 is 23.8 Å². The minimum atomic E-state index is -0.883. The summed E-state index contributed by atoms with van der Waals surface area (Å²) in [5.74, 6) is -1.75. The summed E-state index contributed by atoms with van der Waals surface area (Å²) in [5, 5.41) is 11.2. The van der Waals surface area contributed by atoms with Crippen LogP contribution >= 0.6 is 0 Å². The molecule has 0 radical (unpaired) electrons. The highest BCUT2D eigenvalue weighted by molar-refractivity contribution is 6.46. The molecule has 168 valence electrons. The third kappa shape index (κ3) is 4.62. The van der Waals surface area contributed by atoms with E-state index in [-0.39, 0.29) is 17.9 Å². The third-order valence-electron chi connectivity index (χ3n) is 5.38. The van der Waals surface area contributed by atoms with E-state index in [1.165, 1.54) is 29.2 Å². The van der Waals surface area contributed by atoms with E-state index < -0.39 is 23.5 Å². The third-order valence-corrected chi connectivity index (χ3v) is 5.38. The molecule has 33 heavy (non-hydrogen) atoms. The number of aromatic nitrogens is 1. The molecule has 2 heterocycles. The van der Waals surface area contributed by atoms with Gasteiger partial charge in [0.1, 0.15) is 17.3 Å². The Morgan fingerprint density at radius 2 is 1.91 bits per heavy atom. The average molecular weight is 446 g/mol. The molecule has 4 rings (SSSR count). The fourth-order valence-corrected chi connectivity index (χ4v) is 3.83. The first-order chi connectivity index (χ1) is 16.0. The van der Waals surface area contributed by atoms with Crippen LogP contribution in [-0.4, -0.2) is 33.3 Å². The van der Waals surface area contributed by atoms with E-state index in [1.54, 1.807) is 48.8 Å². The lowest BCUT2D eigenvalue weighted by atomic mass is 9.95. The highest BCUT2D eigenvalue weighted by Crippen LogP contribution is 2.40. The summed E-state index contributed by atoms with van der Waals surface area (Å²) in [6.07, 6.45) is 4.04. The van der Waals surface area contributed by atoms with Gasteiger partial charge in [-0.3, -0.25) is 14.6 Å². The maximum atomic E-state index is 13.6. The number of aliphatic hydroxyl groups excluding tert-OH is 1. The average Bonchev–Trinajstić information content (AvgIpc) is 3.08. The van der Waals surface area contributed by atoms with E-state index in [2.05, 4.69) is 4.98 Å². The number of carbonyl (C=O) groups excluding carboxylic acids is 2. The highest BCUT2D eigenvalue weighted by atomic mass is 19.1. The quantitative estimate of drug-likeness (QED) is 0.325. The summed E-state index contributed by atoms with van der Waals surface area (Å²) < 4.78 is 19.2. The van der Waals surface area contributed by atoms with E-state index in [0.29, 0.717) is 23.5 Å². The molecule has 1 aliphatic heterocycles. The Labute approximate surface area is 191 Å². The van der Waals surface area contributed by atoms with Crippen LogP contribution in [0.15, 0.2) is 78.6 Å². The number of nitrogens with zero attached hydrogens (tertiary/aromatic N) is 2. The summed E-state index contributed by atoms with van der Waals surface area (Å²) in [6.45, 7) is 2.60. The number of ether oxygens (including phenoxy) is 1. The number of ketones is 1. The molecule has 3 aromatic rings. The Kier molecular flexibility index (Phi) is 6.49. The van der Waals surface area contributed by atoms with Crippen molar-refractivity contribution in [3.8, 4) is 5.75 Å². The van der Waals surface area contributed by atoms with Crippen LogP contribution in [0, 0.1) is 5.82 Å². The van der Waals surface area contributed by atoms with Gasteiger partial charge in [-0.1, -0.05) is 37.3 Å². The number of rotatable bonds is 7. The highest BCUT2D eigenvalue weighted by Gasteiger charge is 2.46. The van der Waals surface area contributed by atoms with Crippen LogP contribution in [-0.2, 0) is 16.1 Å². The molecule has 0 spiro atoms. The fourth-order valence-electron chi connectivity index (χ4n) is 3.83. The standard InChI is InChI=1S/C26H23FN2O4/c1-2-13-33-21-7-3-6-19(14-21)24(30)22-23(18-8-10-20(27)11-9-18)29(26(32)25(22)31)16-17-5-4-12-28-15-17/h3-12,14-15,23,30H,2,13,16H2,1H3/b24-22-. The van der Waals surface area contributed by atoms with Gasteiger partial charge < -0.3 is 14.7 Å². The first kappa shape index (κ1) is 22.2. The second kappa shape index (κ2) is 9.65. The van der Waals surface area contributed by atoms with Crippen LogP contribution in [0.3, 0.4) is 0 Å². The van der Waals surface area contributed by atoms with Gasteiger partial charge in [0.15, 0.2) is 0 Å². The molecule has 1 N–H and O–H groups in total. The summed E-state index contributed by atoms with van der Waals surface area (Å²) in [4.78, 5) is 31.6. The molecule has 0 saturated carbocycles. The number of benzene rings is 2. The summed E-state index contributed by atoms with van der Waals surface area (Å²) in [6, 6.07) is 14.9. The van der Waals surface area contributed by atoms with Crippen molar-refractivity contribution in [3.63, 3.8) is 0 Å². The SMILES string of the molecule is CCCOc1cccc(/C(O)=C2/C(=O)C(=O)N(Cc3cccnc3)C2c2ccc(F)cc2)c1. The lowest BCUT2D eigenvalue weighted by Gasteiger charge is -2.25. The van der Waals surface area contributed by atoms with Gasteiger partial charge in [0.2, 0.25) is 0 Å². The fraction of sp³-hybridized carbons (Fsp3) is 0.192. The number of Topliss-reactive ketones (excluding diaryl/α,β-unsaturated/α-hetero) is 1. The molecule has 2 aromatic carbocycles. The lowest BCUT2D eigenvalue weighted by molar-refractivity contribution is -0.140. The maximum absolute atomic E-state index is 13.6. The van der Waals surface area contributed by atoms with Gasteiger partial charge in [0.25, 0.3) is 11.7 Å². The van der Waals surface area contributed by atoms with Crippen LogP contribution in [0.4, 0.5) is 4.39 Å². The Morgan fingerprint density at radius 3 is 2.61 bits per heavy atom. The summed E-state index contributed by atoms with van der Waals surface area (Å²) >= 11 is 0. The molecule has 1 aromatic heterocycles. The van der Waals surface area contributed by atoms with Crippen LogP contribution in [0.25, 0.3) is 5.76 Å². The van der Waals surface area contributed by atoms with Gasteiger partial charge in [-0.05, 0) is 47.9 Å². The molecule has 7 heteroatoms. The van der Waals surface area contributed by atoms with Crippen molar-refractivity contribution in [2.75, 3.05) is 6.61 Å². The van der Waals surface area contributed by atoms with Crippen molar-refractivity contribution in [2.24, 2.45) is 0 Å². The predicted molar refractivity (Wildman–Crippen MR) is 121 cm³/mol. The number of halogens is 1. The Morgan fingerprint density at radius 1 is 1.12 bits per heavy atom. The predicted octanol–water partition coefficient (Wildman–Crippen LogP) is 4.63. The first-order valence-corrected chi connectivity index (χ1v) is 10.7. The van der Waals surface area contributed by atoms with Crippen LogP contribution in [0.5, 0.6) is 5.75 Å². The minimum Gasteiger partial charge on any atom is -0.507 e. The zero-order valence-corrected chi connectivity index (χ0v) is 18.1. The Balaban J connectivity index is 1.81. The molecule has 0 aliphatic carbocycles. The number of pyridine rings is 1. The number of likely N-dealkylation sites (tertiary alicyclic amines) is 1. The van der Waals surface area contributed by atoms with Gasteiger partial charge in [0, 0.05) is 24.5 Å². The number of hydrogen-bond donors (Lipinski definition) is 1. The zero-order valence-electron chi connectivity index (χ0n) is 18.1. The van der Waals surface area contributed by atoms with Crippen LogP contribution in [0.1, 0.15) is 36.1 Å². The van der Waals surface area contributed by atoms with Crippen molar-refractivity contribution in [3.05, 3.63) is 101 Å². The topological polar surface area (TPSA) is 79.7 Å². The molecule has 1 fully saturated rings. The second-order valence-electron chi connectivity index (χ2n) is 7.72. The summed E-state index contributed by atoms with van der Waals surface area (Å²) in [5.41, 5.74) is 1.54. The van der Waals surface area contributed by atoms with Crippen LogP contribution in [0.2, 0.25) is 0 Å². The van der Waals surface area contributed by atoms with Crippen molar-refractivity contribution in [1.82, 2.24) is 9.88 Å². The minimum absolute atomic E-state index is 0.0526. The number of carbonyl (C=O) groups is 2. The van der Waals surface area contributed by atoms with E-state index in [9.17, 15) is 19.1 Å². The van der Waals surface area contributed by atoms with E-state index in [4.69, 9.17) is 4.74 Å². The smallest absolute Gasteiger partial charge is 0.295 e. The molecule has 1 aliphatic rings. The zero-order chi connectivity index (χ0) is 23.4. The molecular formula is C26H23FN2O4. The molecule has 0 bridgehead atoms. The second-order valence-corrected chi connectivity index (χ2v) is 7.72. The Hall–Kier alpha value is -4.00. The monoisotopic (exact) mass is 446 g/mol.